The summed E-state index contributed by atoms with van der Waals surface area (Å²) in [6, 6.07) is -0.586. The van der Waals surface area contributed by atoms with E-state index in [-0.39, 0.29) is 6.10 Å². The molecule has 12 heavy (non-hydrogen) atoms. The van der Waals surface area contributed by atoms with E-state index < -0.39 is 19.4 Å². The molecule has 0 aliphatic carbocycles. The average Bonchev–Trinajstić information content (AvgIpc) is 2.10. The maximum atomic E-state index is 12.2. The van der Waals surface area contributed by atoms with Gasteiger partial charge in [-0.15, -0.1) is 0 Å². The second-order valence-corrected chi connectivity index (χ2v) is 3.23. The van der Waals surface area contributed by atoms with Gasteiger partial charge in [-0.1, -0.05) is 0 Å². The topological polar surface area (TPSA) is 23.5 Å². The van der Waals surface area contributed by atoms with E-state index in [1.807, 2.05) is 0 Å². The van der Waals surface area contributed by atoms with Crippen molar-refractivity contribution in [3.05, 3.63) is 0 Å². The monoisotopic (exact) mass is 179 g/mol. The highest BCUT2D eigenvalue weighted by Gasteiger charge is 2.23. The quantitative estimate of drug-likeness (QED) is 0.691. The Hall–Kier alpha value is -0.220. The summed E-state index contributed by atoms with van der Waals surface area (Å²) in [5.41, 5.74) is 0. The predicted molar refractivity (Wildman–Crippen MR) is 42.6 cm³/mol. The summed E-state index contributed by atoms with van der Waals surface area (Å²) in [5, 5.41) is 9.14. The van der Waals surface area contributed by atoms with Crippen molar-refractivity contribution in [2.45, 2.75) is 25.0 Å². The third-order valence-corrected chi connectivity index (χ3v) is 2.37. The number of aliphatic hydroxyl groups is 1. The number of rotatable bonds is 3. The summed E-state index contributed by atoms with van der Waals surface area (Å²) in [6.07, 6.45) is 0.994. The van der Waals surface area contributed by atoms with Crippen LogP contribution in [0.15, 0.2) is 0 Å². The SMILES string of the molecule is OC1CCN(C(CF)CF)CC1. The van der Waals surface area contributed by atoms with Gasteiger partial charge in [-0.2, -0.15) is 0 Å². The summed E-state index contributed by atoms with van der Waals surface area (Å²) >= 11 is 0. The zero-order valence-corrected chi connectivity index (χ0v) is 7.05. The van der Waals surface area contributed by atoms with Crippen molar-refractivity contribution in [1.29, 1.82) is 0 Å². The van der Waals surface area contributed by atoms with Crippen LogP contribution in [0, 0.1) is 0 Å². The largest absolute Gasteiger partial charge is 0.393 e. The Bertz CT molecular complexity index is 122. The molecule has 1 aliphatic heterocycles. The zero-order valence-electron chi connectivity index (χ0n) is 7.05. The van der Waals surface area contributed by atoms with Gasteiger partial charge in [0, 0.05) is 13.1 Å². The fourth-order valence-corrected chi connectivity index (χ4v) is 1.49. The van der Waals surface area contributed by atoms with Gasteiger partial charge in [-0.3, -0.25) is 4.90 Å². The van der Waals surface area contributed by atoms with Crippen molar-refractivity contribution < 1.29 is 13.9 Å². The molecule has 0 spiro atoms. The molecule has 2 nitrogen and oxygen atoms in total. The van der Waals surface area contributed by atoms with E-state index in [2.05, 4.69) is 0 Å². The standard InChI is InChI=1S/C8H15F2NO/c9-5-7(6-10)11-3-1-8(12)2-4-11/h7-8,12H,1-6H2. The van der Waals surface area contributed by atoms with Gasteiger partial charge >= 0.3 is 0 Å². The van der Waals surface area contributed by atoms with Crippen molar-refractivity contribution in [3.63, 3.8) is 0 Å². The van der Waals surface area contributed by atoms with Crippen LogP contribution >= 0.6 is 0 Å². The Labute approximate surface area is 71.2 Å². The number of hydrogen-bond donors (Lipinski definition) is 1. The van der Waals surface area contributed by atoms with Crippen molar-refractivity contribution in [1.82, 2.24) is 4.90 Å². The zero-order chi connectivity index (χ0) is 8.97. The molecule has 0 aromatic rings. The Morgan fingerprint density at radius 3 is 2.17 bits per heavy atom. The summed E-state index contributed by atoms with van der Waals surface area (Å²) in [5.74, 6) is 0. The van der Waals surface area contributed by atoms with Crippen LogP contribution in [0.4, 0.5) is 8.78 Å². The molecule has 1 aliphatic rings. The van der Waals surface area contributed by atoms with Crippen LogP contribution in [0.2, 0.25) is 0 Å². The molecule has 1 fully saturated rings. The van der Waals surface area contributed by atoms with E-state index in [1.165, 1.54) is 0 Å². The van der Waals surface area contributed by atoms with Gasteiger partial charge in [0.1, 0.15) is 13.3 Å². The van der Waals surface area contributed by atoms with Crippen LogP contribution in [0.25, 0.3) is 0 Å². The molecule has 0 radical (unpaired) electrons. The fourth-order valence-electron chi connectivity index (χ4n) is 1.49. The number of piperidine rings is 1. The van der Waals surface area contributed by atoms with Gasteiger partial charge in [0.15, 0.2) is 0 Å². The van der Waals surface area contributed by atoms with Crippen molar-refractivity contribution >= 4 is 0 Å². The van der Waals surface area contributed by atoms with E-state index in [0.29, 0.717) is 25.9 Å². The molecule has 0 saturated carbocycles. The van der Waals surface area contributed by atoms with Gasteiger partial charge in [-0.25, -0.2) is 8.78 Å². The van der Waals surface area contributed by atoms with Gasteiger partial charge in [0.05, 0.1) is 12.1 Å². The molecule has 1 heterocycles. The van der Waals surface area contributed by atoms with E-state index in [9.17, 15) is 8.78 Å². The lowest BCUT2D eigenvalue weighted by atomic mass is 10.1. The minimum absolute atomic E-state index is 0.277. The van der Waals surface area contributed by atoms with Crippen LogP contribution in [0.5, 0.6) is 0 Å². The van der Waals surface area contributed by atoms with Gasteiger partial charge in [0.2, 0.25) is 0 Å². The first-order valence-corrected chi connectivity index (χ1v) is 4.32. The normalized spacial score (nSPS) is 22.0. The van der Waals surface area contributed by atoms with Crippen LogP contribution in [-0.4, -0.2) is 48.6 Å². The maximum Gasteiger partial charge on any atom is 0.107 e. The Kier molecular flexibility index (Phi) is 3.88. The summed E-state index contributed by atoms with van der Waals surface area (Å²) in [6.45, 7) is -0.0431. The minimum atomic E-state index is -0.632. The minimum Gasteiger partial charge on any atom is -0.393 e. The van der Waals surface area contributed by atoms with Crippen LogP contribution in [0.3, 0.4) is 0 Å². The van der Waals surface area contributed by atoms with Gasteiger partial charge in [0.25, 0.3) is 0 Å². The highest BCUT2D eigenvalue weighted by Crippen LogP contribution is 2.13. The lowest BCUT2D eigenvalue weighted by Crippen LogP contribution is -2.44. The number of halogens is 2. The van der Waals surface area contributed by atoms with Crippen LogP contribution in [0.1, 0.15) is 12.8 Å². The molecule has 1 N–H and O–H groups in total. The molecule has 0 aromatic carbocycles. The first-order valence-electron chi connectivity index (χ1n) is 4.32. The first kappa shape index (κ1) is 9.86. The van der Waals surface area contributed by atoms with Gasteiger partial charge in [-0.05, 0) is 12.8 Å². The van der Waals surface area contributed by atoms with E-state index in [1.54, 1.807) is 4.90 Å². The van der Waals surface area contributed by atoms with Crippen molar-refractivity contribution in [3.8, 4) is 0 Å². The van der Waals surface area contributed by atoms with Crippen molar-refractivity contribution in [2.75, 3.05) is 26.4 Å². The number of hydrogen-bond acceptors (Lipinski definition) is 2. The van der Waals surface area contributed by atoms with E-state index >= 15 is 0 Å². The Balaban J connectivity index is 2.32. The summed E-state index contributed by atoms with van der Waals surface area (Å²) in [4.78, 5) is 1.77. The molecule has 0 amide bonds. The van der Waals surface area contributed by atoms with E-state index in [4.69, 9.17) is 5.11 Å². The number of nitrogens with zero attached hydrogens (tertiary/aromatic N) is 1. The van der Waals surface area contributed by atoms with Crippen LogP contribution < -0.4 is 0 Å². The summed E-state index contributed by atoms with van der Waals surface area (Å²) < 4.78 is 24.4. The van der Waals surface area contributed by atoms with E-state index in [0.717, 1.165) is 0 Å². The molecule has 1 saturated heterocycles. The third-order valence-electron chi connectivity index (χ3n) is 2.37. The smallest absolute Gasteiger partial charge is 0.107 e. The molecule has 72 valence electrons. The molecule has 0 aromatic heterocycles. The number of likely N-dealkylation sites (tertiary alicyclic amines) is 1. The first-order chi connectivity index (χ1) is 5.77. The van der Waals surface area contributed by atoms with Gasteiger partial charge < -0.3 is 5.11 Å². The third kappa shape index (κ3) is 2.38. The molecular weight excluding hydrogens is 164 g/mol. The highest BCUT2D eigenvalue weighted by molar-refractivity contribution is 4.77. The molecule has 1 rings (SSSR count). The summed E-state index contributed by atoms with van der Waals surface area (Å²) in [7, 11) is 0. The second kappa shape index (κ2) is 4.72. The predicted octanol–water partition coefficient (Wildman–Crippen LogP) is 0.751. The number of aliphatic hydroxyl groups excluding tert-OH is 1. The fraction of sp³-hybridized carbons (Fsp3) is 1.00. The molecule has 0 atom stereocenters. The number of alkyl halides is 2. The lowest BCUT2D eigenvalue weighted by Gasteiger charge is -2.33. The lowest BCUT2D eigenvalue weighted by molar-refractivity contribution is 0.0461. The Morgan fingerprint density at radius 1 is 1.25 bits per heavy atom. The Morgan fingerprint density at radius 2 is 1.75 bits per heavy atom. The molecule has 4 heteroatoms. The molecule has 0 unspecified atom stereocenters. The second-order valence-electron chi connectivity index (χ2n) is 3.23. The van der Waals surface area contributed by atoms with Crippen LogP contribution in [-0.2, 0) is 0 Å². The average molecular weight is 179 g/mol. The van der Waals surface area contributed by atoms with Crippen molar-refractivity contribution in [2.24, 2.45) is 0 Å². The molecule has 0 bridgehead atoms. The molecular formula is C8H15F2NO. The highest BCUT2D eigenvalue weighted by atomic mass is 19.1. The maximum absolute atomic E-state index is 12.2.